The standard InChI is InChI=1S/C16H22N2O2/c1-16(2)12-18(10-15(20-16)11-19-3)9-14-7-5-4-6-13(14)8-17/h4-7,15H,9-12H2,1-3H3/t15-/m0/s1. The Kier molecular flexibility index (Phi) is 4.77. The first-order valence-electron chi connectivity index (χ1n) is 6.91. The molecular weight excluding hydrogens is 252 g/mol. The molecule has 20 heavy (non-hydrogen) atoms. The summed E-state index contributed by atoms with van der Waals surface area (Å²) in [5, 5.41) is 9.17. The highest BCUT2D eigenvalue weighted by Gasteiger charge is 2.33. The zero-order valence-corrected chi connectivity index (χ0v) is 12.4. The highest BCUT2D eigenvalue weighted by molar-refractivity contribution is 5.37. The maximum Gasteiger partial charge on any atom is 0.0995 e. The van der Waals surface area contributed by atoms with Crippen LogP contribution in [0.15, 0.2) is 24.3 Å². The van der Waals surface area contributed by atoms with E-state index in [1.165, 1.54) is 0 Å². The summed E-state index contributed by atoms with van der Waals surface area (Å²) in [6, 6.07) is 10.0. The number of nitrogens with zero attached hydrogens (tertiary/aromatic N) is 2. The van der Waals surface area contributed by atoms with E-state index in [0.717, 1.165) is 30.8 Å². The van der Waals surface area contributed by atoms with Crippen LogP contribution in [0.3, 0.4) is 0 Å². The van der Waals surface area contributed by atoms with E-state index in [4.69, 9.17) is 9.47 Å². The number of morpholine rings is 1. The van der Waals surface area contributed by atoms with Gasteiger partial charge in [-0.25, -0.2) is 0 Å². The molecule has 4 heteroatoms. The SMILES string of the molecule is COC[C@@H]1CN(Cc2ccccc2C#N)CC(C)(C)O1. The number of nitriles is 1. The third-order valence-electron chi connectivity index (χ3n) is 3.44. The normalized spacial score (nSPS) is 22.4. The van der Waals surface area contributed by atoms with Gasteiger partial charge < -0.3 is 9.47 Å². The Hall–Kier alpha value is -1.41. The molecule has 4 nitrogen and oxygen atoms in total. The highest BCUT2D eigenvalue weighted by Crippen LogP contribution is 2.23. The zero-order valence-electron chi connectivity index (χ0n) is 12.4. The van der Waals surface area contributed by atoms with Gasteiger partial charge >= 0.3 is 0 Å². The van der Waals surface area contributed by atoms with Crippen molar-refractivity contribution in [2.45, 2.75) is 32.1 Å². The second kappa shape index (κ2) is 6.36. The summed E-state index contributed by atoms with van der Waals surface area (Å²) in [5.74, 6) is 0. The number of ether oxygens (including phenoxy) is 2. The molecule has 108 valence electrons. The third-order valence-corrected chi connectivity index (χ3v) is 3.44. The van der Waals surface area contributed by atoms with Gasteiger partial charge in [-0.3, -0.25) is 4.90 Å². The minimum Gasteiger partial charge on any atom is -0.382 e. The van der Waals surface area contributed by atoms with Gasteiger partial charge in [-0.2, -0.15) is 5.26 Å². The van der Waals surface area contributed by atoms with Crippen LogP contribution in [0.25, 0.3) is 0 Å². The van der Waals surface area contributed by atoms with E-state index in [1.54, 1.807) is 7.11 Å². The quantitative estimate of drug-likeness (QED) is 0.844. The van der Waals surface area contributed by atoms with Gasteiger partial charge in [0.05, 0.1) is 29.9 Å². The second-order valence-corrected chi connectivity index (χ2v) is 5.89. The van der Waals surface area contributed by atoms with E-state index in [-0.39, 0.29) is 11.7 Å². The Morgan fingerprint density at radius 1 is 1.45 bits per heavy atom. The summed E-state index contributed by atoms with van der Waals surface area (Å²) in [5.41, 5.74) is 1.63. The summed E-state index contributed by atoms with van der Waals surface area (Å²) in [6.07, 6.45) is 0.0815. The fourth-order valence-electron chi connectivity index (χ4n) is 2.82. The number of rotatable bonds is 4. The molecule has 0 amide bonds. The van der Waals surface area contributed by atoms with Crippen LogP contribution >= 0.6 is 0 Å². The molecule has 1 fully saturated rings. The minimum atomic E-state index is -0.191. The molecule has 1 aromatic carbocycles. The topological polar surface area (TPSA) is 45.5 Å². The highest BCUT2D eigenvalue weighted by atomic mass is 16.5. The number of methoxy groups -OCH3 is 1. The number of benzene rings is 1. The van der Waals surface area contributed by atoms with Gasteiger partial charge in [0.25, 0.3) is 0 Å². The molecule has 0 aromatic heterocycles. The monoisotopic (exact) mass is 274 g/mol. The Balaban J connectivity index is 2.10. The lowest BCUT2D eigenvalue weighted by molar-refractivity contribution is -0.154. The smallest absolute Gasteiger partial charge is 0.0995 e. The lowest BCUT2D eigenvalue weighted by Crippen LogP contribution is -2.53. The van der Waals surface area contributed by atoms with E-state index in [2.05, 4.69) is 24.8 Å². The van der Waals surface area contributed by atoms with Crippen LogP contribution < -0.4 is 0 Å². The molecule has 1 aliphatic rings. The van der Waals surface area contributed by atoms with Gasteiger partial charge in [-0.05, 0) is 25.5 Å². The van der Waals surface area contributed by atoms with E-state index < -0.39 is 0 Å². The molecular formula is C16H22N2O2. The molecule has 0 aliphatic carbocycles. The van der Waals surface area contributed by atoms with Crippen molar-refractivity contribution in [1.29, 1.82) is 5.26 Å². The molecule has 1 atom stereocenters. The van der Waals surface area contributed by atoms with Crippen LogP contribution in [-0.2, 0) is 16.0 Å². The lowest BCUT2D eigenvalue weighted by atomic mass is 10.0. The lowest BCUT2D eigenvalue weighted by Gasteiger charge is -2.42. The molecule has 0 bridgehead atoms. The van der Waals surface area contributed by atoms with E-state index >= 15 is 0 Å². The third kappa shape index (κ3) is 3.80. The first kappa shape index (κ1) is 15.0. The second-order valence-electron chi connectivity index (χ2n) is 5.89. The predicted octanol–water partition coefficient (Wildman–Crippen LogP) is 2.18. The van der Waals surface area contributed by atoms with Crippen molar-refractivity contribution < 1.29 is 9.47 Å². The van der Waals surface area contributed by atoms with Crippen molar-refractivity contribution in [3.63, 3.8) is 0 Å². The van der Waals surface area contributed by atoms with Crippen LogP contribution in [0.5, 0.6) is 0 Å². The molecule has 2 rings (SSSR count). The Bertz CT molecular complexity index is 493. The Labute approximate surface area is 120 Å². The maximum atomic E-state index is 9.17. The largest absolute Gasteiger partial charge is 0.382 e. The fourth-order valence-corrected chi connectivity index (χ4v) is 2.82. The molecule has 0 radical (unpaired) electrons. The van der Waals surface area contributed by atoms with Crippen molar-refractivity contribution in [3.8, 4) is 6.07 Å². The van der Waals surface area contributed by atoms with E-state index in [1.807, 2.05) is 24.3 Å². The average Bonchev–Trinajstić information content (AvgIpc) is 2.38. The number of hydrogen-bond donors (Lipinski definition) is 0. The summed E-state index contributed by atoms with van der Waals surface area (Å²) < 4.78 is 11.2. The van der Waals surface area contributed by atoms with Crippen LogP contribution in [0.4, 0.5) is 0 Å². The van der Waals surface area contributed by atoms with Crippen molar-refractivity contribution in [3.05, 3.63) is 35.4 Å². The Morgan fingerprint density at radius 2 is 2.20 bits per heavy atom. The van der Waals surface area contributed by atoms with E-state index in [0.29, 0.717) is 6.61 Å². The van der Waals surface area contributed by atoms with Gasteiger partial charge in [0.2, 0.25) is 0 Å². The Morgan fingerprint density at radius 3 is 2.90 bits per heavy atom. The maximum absolute atomic E-state index is 9.17. The van der Waals surface area contributed by atoms with Gasteiger partial charge in [0, 0.05) is 26.7 Å². The van der Waals surface area contributed by atoms with Crippen LogP contribution in [0.2, 0.25) is 0 Å². The first-order valence-corrected chi connectivity index (χ1v) is 6.91. The minimum absolute atomic E-state index is 0.0815. The van der Waals surface area contributed by atoms with Gasteiger partial charge in [-0.15, -0.1) is 0 Å². The van der Waals surface area contributed by atoms with E-state index in [9.17, 15) is 5.26 Å². The average molecular weight is 274 g/mol. The van der Waals surface area contributed by atoms with Gasteiger partial charge in [-0.1, -0.05) is 18.2 Å². The van der Waals surface area contributed by atoms with Crippen molar-refractivity contribution in [1.82, 2.24) is 4.90 Å². The summed E-state index contributed by atoms with van der Waals surface area (Å²) in [4.78, 5) is 2.34. The molecule has 0 unspecified atom stereocenters. The zero-order chi connectivity index (χ0) is 14.6. The summed E-state index contributed by atoms with van der Waals surface area (Å²) in [7, 11) is 1.69. The van der Waals surface area contributed by atoms with Crippen LogP contribution in [0, 0.1) is 11.3 Å². The predicted molar refractivity (Wildman–Crippen MR) is 77.3 cm³/mol. The van der Waals surface area contributed by atoms with Crippen molar-refractivity contribution in [2.24, 2.45) is 0 Å². The molecule has 0 spiro atoms. The molecule has 1 saturated heterocycles. The molecule has 0 saturated carbocycles. The first-order chi connectivity index (χ1) is 9.54. The molecule has 0 N–H and O–H groups in total. The number of hydrogen-bond acceptors (Lipinski definition) is 4. The fraction of sp³-hybridized carbons (Fsp3) is 0.562. The molecule has 1 aromatic rings. The van der Waals surface area contributed by atoms with Crippen LogP contribution in [0.1, 0.15) is 25.0 Å². The molecule has 1 heterocycles. The molecule has 1 aliphatic heterocycles. The van der Waals surface area contributed by atoms with Crippen molar-refractivity contribution in [2.75, 3.05) is 26.8 Å². The van der Waals surface area contributed by atoms with Crippen LogP contribution in [-0.4, -0.2) is 43.4 Å². The van der Waals surface area contributed by atoms with Crippen molar-refractivity contribution >= 4 is 0 Å². The van der Waals surface area contributed by atoms with Gasteiger partial charge in [0.15, 0.2) is 0 Å². The summed E-state index contributed by atoms with van der Waals surface area (Å²) >= 11 is 0. The summed E-state index contributed by atoms with van der Waals surface area (Å²) in [6.45, 7) is 7.25. The van der Waals surface area contributed by atoms with Gasteiger partial charge in [0.1, 0.15) is 0 Å².